The van der Waals surface area contributed by atoms with E-state index >= 15 is 0 Å². The molecule has 1 unspecified atom stereocenters. The van der Waals surface area contributed by atoms with Crippen LogP contribution in [0.4, 0.5) is 0 Å². The number of halogens is 2. The van der Waals surface area contributed by atoms with Gasteiger partial charge >= 0.3 is 0 Å². The van der Waals surface area contributed by atoms with E-state index in [2.05, 4.69) is 44.1 Å². The van der Waals surface area contributed by atoms with E-state index in [0.717, 1.165) is 22.0 Å². The summed E-state index contributed by atoms with van der Waals surface area (Å²) in [5, 5.41) is 2.91. The summed E-state index contributed by atoms with van der Waals surface area (Å²) < 4.78 is 0.928. The van der Waals surface area contributed by atoms with E-state index in [4.69, 9.17) is 0 Å². The van der Waals surface area contributed by atoms with Gasteiger partial charge in [0.25, 0.3) is 5.91 Å². The Bertz CT molecular complexity index is 377. The van der Waals surface area contributed by atoms with E-state index < -0.39 is 0 Å². The third kappa shape index (κ3) is 4.26. The van der Waals surface area contributed by atoms with E-state index in [-0.39, 0.29) is 5.91 Å². The Labute approximate surface area is 113 Å². The summed E-state index contributed by atoms with van der Waals surface area (Å²) in [6, 6.07) is 5.72. The van der Waals surface area contributed by atoms with Crippen LogP contribution < -0.4 is 5.32 Å². The summed E-state index contributed by atoms with van der Waals surface area (Å²) in [6.07, 6.45) is 0.929. The van der Waals surface area contributed by atoms with Gasteiger partial charge in [-0.05, 0) is 31.0 Å². The zero-order valence-corrected chi connectivity index (χ0v) is 12.6. The average Bonchev–Trinajstić information content (AvgIpc) is 2.21. The fraction of sp³-hybridized carbons (Fsp3) is 0.417. The molecule has 1 rings (SSSR count). The van der Waals surface area contributed by atoms with Crippen LogP contribution in [-0.4, -0.2) is 17.3 Å². The Hall–Kier alpha value is -0.350. The normalized spacial score (nSPS) is 12.2. The SMILES string of the molecule is Cc1ccc(Br)cc1C(=O)NCCC(C)Br. The number of nitrogens with one attached hydrogen (secondary N) is 1. The van der Waals surface area contributed by atoms with Crippen LogP contribution in [0.1, 0.15) is 29.3 Å². The number of benzene rings is 1. The van der Waals surface area contributed by atoms with Crippen LogP contribution in [0.5, 0.6) is 0 Å². The lowest BCUT2D eigenvalue weighted by molar-refractivity contribution is 0.0952. The second-order valence-corrected chi connectivity index (χ2v) is 6.26. The first kappa shape index (κ1) is 13.7. The summed E-state index contributed by atoms with van der Waals surface area (Å²) in [6.45, 7) is 4.70. The van der Waals surface area contributed by atoms with Gasteiger partial charge < -0.3 is 5.32 Å². The van der Waals surface area contributed by atoms with Crippen molar-refractivity contribution >= 4 is 37.8 Å². The van der Waals surface area contributed by atoms with Crippen LogP contribution in [0.25, 0.3) is 0 Å². The van der Waals surface area contributed by atoms with E-state index in [9.17, 15) is 4.79 Å². The topological polar surface area (TPSA) is 29.1 Å². The van der Waals surface area contributed by atoms with Crippen LogP contribution in [0, 0.1) is 6.92 Å². The summed E-state index contributed by atoms with van der Waals surface area (Å²) in [5.41, 5.74) is 1.73. The van der Waals surface area contributed by atoms with Crippen molar-refractivity contribution in [3.05, 3.63) is 33.8 Å². The lowest BCUT2D eigenvalue weighted by atomic mass is 10.1. The van der Waals surface area contributed by atoms with Crippen LogP contribution in [0.3, 0.4) is 0 Å². The summed E-state index contributed by atoms with van der Waals surface area (Å²) >= 11 is 6.82. The molecule has 1 aromatic carbocycles. The predicted octanol–water partition coefficient (Wildman–Crippen LogP) is 3.66. The molecule has 0 bridgehead atoms. The van der Waals surface area contributed by atoms with Crippen molar-refractivity contribution in [3.63, 3.8) is 0 Å². The number of carbonyl (C=O) groups is 1. The minimum Gasteiger partial charge on any atom is -0.352 e. The maximum atomic E-state index is 11.9. The molecule has 88 valence electrons. The molecule has 0 aliphatic rings. The minimum atomic E-state index is -0.00745. The molecule has 0 aliphatic heterocycles. The highest BCUT2D eigenvalue weighted by Crippen LogP contribution is 2.15. The first-order valence-corrected chi connectivity index (χ1v) is 6.90. The first-order chi connectivity index (χ1) is 7.50. The lowest BCUT2D eigenvalue weighted by Crippen LogP contribution is -2.26. The summed E-state index contributed by atoms with van der Waals surface area (Å²) in [4.78, 5) is 12.3. The van der Waals surface area contributed by atoms with Gasteiger partial charge in [-0.25, -0.2) is 0 Å². The molecule has 0 spiro atoms. The molecule has 16 heavy (non-hydrogen) atoms. The van der Waals surface area contributed by atoms with Crippen LogP contribution in [0.2, 0.25) is 0 Å². The highest BCUT2D eigenvalue weighted by Gasteiger charge is 2.08. The highest BCUT2D eigenvalue weighted by atomic mass is 79.9. The molecular formula is C12H15Br2NO. The van der Waals surface area contributed by atoms with Crippen molar-refractivity contribution in [3.8, 4) is 0 Å². The van der Waals surface area contributed by atoms with E-state index in [1.807, 2.05) is 25.1 Å². The van der Waals surface area contributed by atoms with Gasteiger partial charge in [-0.1, -0.05) is 44.8 Å². The molecule has 0 saturated carbocycles. The average molecular weight is 349 g/mol. The van der Waals surface area contributed by atoms with Crippen LogP contribution in [-0.2, 0) is 0 Å². The van der Waals surface area contributed by atoms with Crippen molar-refractivity contribution < 1.29 is 4.79 Å². The quantitative estimate of drug-likeness (QED) is 0.826. The number of aryl methyl sites for hydroxylation is 1. The van der Waals surface area contributed by atoms with Gasteiger partial charge in [0.05, 0.1) is 0 Å². The zero-order chi connectivity index (χ0) is 12.1. The molecule has 0 aliphatic carbocycles. The van der Waals surface area contributed by atoms with Crippen molar-refractivity contribution in [2.24, 2.45) is 0 Å². The molecule has 1 N–H and O–H groups in total. The fourth-order valence-corrected chi connectivity index (χ4v) is 1.91. The number of hydrogen-bond donors (Lipinski definition) is 1. The number of alkyl halides is 1. The largest absolute Gasteiger partial charge is 0.352 e. The minimum absolute atomic E-state index is 0.00745. The van der Waals surface area contributed by atoms with Crippen LogP contribution in [0.15, 0.2) is 22.7 Å². The number of hydrogen-bond acceptors (Lipinski definition) is 1. The molecule has 0 heterocycles. The molecule has 0 radical (unpaired) electrons. The van der Waals surface area contributed by atoms with Gasteiger partial charge in [-0.3, -0.25) is 4.79 Å². The van der Waals surface area contributed by atoms with Gasteiger partial charge in [0.2, 0.25) is 0 Å². The monoisotopic (exact) mass is 347 g/mol. The molecule has 0 fully saturated rings. The van der Waals surface area contributed by atoms with Gasteiger partial charge in [0, 0.05) is 21.4 Å². The molecule has 1 amide bonds. The summed E-state index contributed by atoms with van der Waals surface area (Å²) in [7, 11) is 0. The predicted molar refractivity (Wildman–Crippen MR) is 74.2 cm³/mol. The number of carbonyl (C=O) groups excluding carboxylic acids is 1. The smallest absolute Gasteiger partial charge is 0.251 e. The number of rotatable bonds is 4. The maximum absolute atomic E-state index is 11.9. The molecule has 0 aromatic heterocycles. The molecule has 0 saturated heterocycles. The highest BCUT2D eigenvalue weighted by molar-refractivity contribution is 9.10. The standard InChI is InChI=1S/C12H15Br2NO/c1-8-3-4-10(14)7-11(8)12(16)15-6-5-9(2)13/h3-4,7,9H,5-6H2,1-2H3,(H,15,16). The first-order valence-electron chi connectivity index (χ1n) is 5.19. The maximum Gasteiger partial charge on any atom is 0.251 e. The molecular weight excluding hydrogens is 334 g/mol. The Morgan fingerprint density at radius 1 is 1.50 bits per heavy atom. The Morgan fingerprint density at radius 3 is 2.81 bits per heavy atom. The Balaban J connectivity index is 2.62. The molecule has 4 heteroatoms. The van der Waals surface area contributed by atoms with Crippen molar-refractivity contribution in [1.29, 1.82) is 0 Å². The third-order valence-electron chi connectivity index (χ3n) is 2.27. The van der Waals surface area contributed by atoms with E-state index in [0.29, 0.717) is 11.4 Å². The molecule has 1 aromatic rings. The Morgan fingerprint density at radius 2 is 2.19 bits per heavy atom. The van der Waals surface area contributed by atoms with Gasteiger partial charge in [-0.15, -0.1) is 0 Å². The van der Waals surface area contributed by atoms with Crippen molar-refractivity contribution in [1.82, 2.24) is 5.32 Å². The van der Waals surface area contributed by atoms with E-state index in [1.165, 1.54) is 0 Å². The fourth-order valence-electron chi connectivity index (χ4n) is 1.32. The second kappa shape index (κ2) is 6.40. The van der Waals surface area contributed by atoms with Gasteiger partial charge in [-0.2, -0.15) is 0 Å². The Kier molecular flexibility index (Phi) is 5.49. The van der Waals surface area contributed by atoms with Crippen LogP contribution >= 0.6 is 31.9 Å². The second-order valence-electron chi connectivity index (χ2n) is 3.78. The zero-order valence-electron chi connectivity index (χ0n) is 9.39. The van der Waals surface area contributed by atoms with Crippen molar-refractivity contribution in [2.75, 3.05) is 6.54 Å². The van der Waals surface area contributed by atoms with Crippen molar-refractivity contribution in [2.45, 2.75) is 25.1 Å². The number of amides is 1. The van der Waals surface area contributed by atoms with Gasteiger partial charge in [0.15, 0.2) is 0 Å². The summed E-state index contributed by atoms with van der Waals surface area (Å²) in [5.74, 6) is -0.00745. The van der Waals surface area contributed by atoms with E-state index in [1.54, 1.807) is 0 Å². The third-order valence-corrected chi connectivity index (χ3v) is 3.22. The lowest BCUT2D eigenvalue weighted by Gasteiger charge is -2.08. The molecule has 2 nitrogen and oxygen atoms in total. The molecule has 1 atom stereocenters. The van der Waals surface area contributed by atoms with Gasteiger partial charge in [0.1, 0.15) is 0 Å².